The predicted molar refractivity (Wildman–Crippen MR) is 86.3 cm³/mol. The third-order valence-corrected chi connectivity index (χ3v) is 4.92. The summed E-state index contributed by atoms with van der Waals surface area (Å²) in [4.78, 5) is 14.7. The van der Waals surface area contributed by atoms with Gasteiger partial charge in [0.15, 0.2) is 0 Å². The maximum atomic E-state index is 12.7. The minimum atomic E-state index is 0.153. The summed E-state index contributed by atoms with van der Waals surface area (Å²) in [5.74, 6) is 0.153. The van der Waals surface area contributed by atoms with E-state index in [1.54, 1.807) is 11.3 Å². The molecule has 1 aliphatic rings. The molecule has 2 nitrogen and oxygen atoms in total. The Balaban J connectivity index is 1.77. The van der Waals surface area contributed by atoms with Gasteiger partial charge in [-0.25, -0.2) is 0 Å². The Morgan fingerprint density at radius 3 is 2.50 bits per heavy atom. The molecular weight excluding hydrogens is 334 g/mol. The molecule has 0 aliphatic heterocycles. The van der Waals surface area contributed by atoms with Crippen molar-refractivity contribution >= 4 is 33.2 Å². The van der Waals surface area contributed by atoms with Crippen LogP contribution in [0, 0.1) is 0 Å². The lowest BCUT2D eigenvalue weighted by molar-refractivity contribution is 0.0730. The first kappa shape index (κ1) is 13.8. The van der Waals surface area contributed by atoms with Crippen molar-refractivity contribution in [2.75, 3.05) is 0 Å². The lowest BCUT2D eigenvalue weighted by atomic mass is 10.1. The average molecular weight is 350 g/mol. The summed E-state index contributed by atoms with van der Waals surface area (Å²) in [6.07, 6.45) is 2.27. The summed E-state index contributed by atoms with van der Waals surface area (Å²) >= 11 is 5.11. The number of benzene rings is 1. The molecule has 3 rings (SSSR count). The number of carbonyl (C=O) groups is 1. The van der Waals surface area contributed by atoms with Gasteiger partial charge in [-0.2, -0.15) is 11.3 Å². The third kappa shape index (κ3) is 3.13. The summed E-state index contributed by atoms with van der Waals surface area (Å²) in [5, 5.41) is 5.01. The van der Waals surface area contributed by atoms with Crippen molar-refractivity contribution in [3.8, 4) is 0 Å². The molecule has 0 radical (unpaired) electrons. The van der Waals surface area contributed by atoms with Crippen LogP contribution < -0.4 is 0 Å². The molecule has 1 saturated carbocycles. The molecule has 104 valence electrons. The maximum absolute atomic E-state index is 12.7. The van der Waals surface area contributed by atoms with Crippen LogP contribution in [0.2, 0.25) is 0 Å². The lowest BCUT2D eigenvalue weighted by Crippen LogP contribution is -2.32. The van der Waals surface area contributed by atoms with E-state index in [0.717, 1.165) is 30.3 Å². The number of carbonyl (C=O) groups excluding carboxylic acids is 1. The van der Waals surface area contributed by atoms with E-state index >= 15 is 0 Å². The predicted octanol–water partition coefficient (Wildman–Crippen LogP) is 4.45. The summed E-state index contributed by atoms with van der Waals surface area (Å²) < 4.78 is 0. The highest BCUT2D eigenvalue weighted by Gasteiger charge is 2.33. The number of hydrogen-bond acceptors (Lipinski definition) is 2. The number of amides is 1. The van der Waals surface area contributed by atoms with Crippen molar-refractivity contribution in [2.45, 2.75) is 30.8 Å². The van der Waals surface area contributed by atoms with Crippen LogP contribution >= 0.6 is 27.3 Å². The van der Waals surface area contributed by atoms with Gasteiger partial charge in [0.25, 0.3) is 5.91 Å². The molecule has 2 aromatic rings. The first-order valence-electron chi connectivity index (χ1n) is 6.75. The Hall–Kier alpha value is -1.13. The molecule has 1 fully saturated rings. The largest absolute Gasteiger partial charge is 0.331 e. The molecule has 1 amide bonds. The fourth-order valence-corrected chi connectivity index (χ4v) is 3.27. The van der Waals surface area contributed by atoms with Crippen molar-refractivity contribution in [1.29, 1.82) is 0 Å². The van der Waals surface area contributed by atoms with Crippen molar-refractivity contribution < 1.29 is 4.79 Å². The number of nitrogens with zero attached hydrogens (tertiary/aromatic N) is 1. The van der Waals surface area contributed by atoms with Gasteiger partial charge in [0.05, 0.1) is 0 Å². The third-order valence-electron chi connectivity index (χ3n) is 3.54. The second-order valence-electron chi connectivity index (χ2n) is 5.13. The quantitative estimate of drug-likeness (QED) is 0.730. The summed E-state index contributed by atoms with van der Waals surface area (Å²) in [6.45, 7) is 0.729. The first-order valence-corrected chi connectivity index (χ1v) is 8.81. The lowest BCUT2D eigenvalue weighted by Gasteiger charge is -2.22. The number of halogens is 1. The minimum Gasteiger partial charge on any atom is -0.331 e. The van der Waals surface area contributed by atoms with E-state index < -0.39 is 0 Å². The van der Waals surface area contributed by atoms with Crippen LogP contribution in [0.25, 0.3) is 0 Å². The Kier molecular flexibility index (Phi) is 4.22. The van der Waals surface area contributed by atoms with Crippen LogP contribution in [0.4, 0.5) is 0 Å². The standard InChI is InChI=1S/C16H16BrNOS/c17-9-12-1-3-14(4-2-12)16(19)18(15-5-6-15)10-13-7-8-20-11-13/h1-4,7-8,11,15H,5-6,9-10H2. The summed E-state index contributed by atoms with van der Waals surface area (Å²) in [6, 6.07) is 10.4. The number of hydrogen-bond donors (Lipinski definition) is 0. The van der Waals surface area contributed by atoms with Gasteiger partial charge in [-0.1, -0.05) is 28.1 Å². The van der Waals surface area contributed by atoms with Gasteiger partial charge in [0.2, 0.25) is 0 Å². The summed E-state index contributed by atoms with van der Waals surface area (Å²) in [7, 11) is 0. The molecule has 0 spiro atoms. The van der Waals surface area contributed by atoms with Gasteiger partial charge in [0.1, 0.15) is 0 Å². The molecule has 1 heterocycles. The van der Waals surface area contributed by atoms with Gasteiger partial charge < -0.3 is 4.90 Å². The van der Waals surface area contributed by atoms with Crippen molar-refractivity contribution in [1.82, 2.24) is 4.90 Å². The van der Waals surface area contributed by atoms with Gasteiger partial charge >= 0.3 is 0 Å². The fourth-order valence-electron chi connectivity index (χ4n) is 2.23. The average Bonchev–Trinajstić information content (AvgIpc) is 3.21. The number of thiophene rings is 1. The maximum Gasteiger partial charge on any atom is 0.254 e. The molecule has 1 aromatic carbocycles. The molecule has 4 heteroatoms. The summed E-state index contributed by atoms with van der Waals surface area (Å²) in [5.41, 5.74) is 3.21. The van der Waals surface area contributed by atoms with Crippen molar-refractivity contribution in [3.05, 3.63) is 57.8 Å². The molecule has 0 saturated heterocycles. The number of alkyl halides is 1. The van der Waals surface area contributed by atoms with Crippen LogP contribution in [-0.4, -0.2) is 16.8 Å². The molecule has 1 aromatic heterocycles. The van der Waals surface area contributed by atoms with Crippen LogP contribution in [0.5, 0.6) is 0 Å². The highest BCUT2D eigenvalue weighted by Crippen LogP contribution is 2.30. The van der Waals surface area contributed by atoms with E-state index in [1.807, 2.05) is 29.2 Å². The van der Waals surface area contributed by atoms with Crippen molar-refractivity contribution in [3.63, 3.8) is 0 Å². The Morgan fingerprint density at radius 1 is 1.20 bits per heavy atom. The molecule has 0 bridgehead atoms. The zero-order valence-corrected chi connectivity index (χ0v) is 13.5. The first-order chi connectivity index (χ1) is 9.78. The van der Waals surface area contributed by atoms with E-state index in [0.29, 0.717) is 6.04 Å². The van der Waals surface area contributed by atoms with Gasteiger partial charge in [-0.15, -0.1) is 0 Å². The van der Waals surface area contributed by atoms with E-state index in [-0.39, 0.29) is 5.91 Å². The monoisotopic (exact) mass is 349 g/mol. The zero-order chi connectivity index (χ0) is 13.9. The van der Waals surface area contributed by atoms with E-state index in [4.69, 9.17) is 0 Å². The van der Waals surface area contributed by atoms with Gasteiger partial charge in [-0.05, 0) is 52.9 Å². The topological polar surface area (TPSA) is 20.3 Å². The van der Waals surface area contributed by atoms with Crippen LogP contribution in [-0.2, 0) is 11.9 Å². The zero-order valence-electron chi connectivity index (χ0n) is 11.1. The second-order valence-corrected chi connectivity index (χ2v) is 6.47. The SMILES string of the molecule is O=C(c1ccc(CBr)cc1)N(Cc1ccsc1)C1CC1. The molecule has 0 unspecified atom stereocenters. The Morgan fingerprint density at radius 2 is 1.95 bits per heavy atom. The van der Waals surface area contributed by atoms with Crippen LogP contribution in [0.15, 0.2) is 41.1 Å². The highest BCUT2D eigenvalue weighted by molar-refractivity contribution is 9.08. The molecule has 0 atom stereocenters. The van der Waals surface area contributed by atoms with Crippen molar-refractivity contribution in [2.24, 2.45) is 0 Å². The minimum absolute atomic E-state index is 0.153. The smallest absolute Gasteiger partial charge is 0.254 e. The van der Waals surface area contributed by atoms with Crippen LogP contribution in [0.3, 0.4) is 0 Å². The highest BCUT2D eigenvalue weighted by atomic mass is 79.9. The number of rotatable bonds is 5. The van der Waals surface area contributed by atoms with Gasteiger partial charge in [-0.3, -0.25) is 4.79 Å². The Bertz CT molecular complexity index is 575. The van der Waals surface area contributed by atoms with E-state index in [9.17, 15) is 4.79 Å². The van der Waals surface area contributed by atoms with Crippen LogP contribution in [0.1, 0.15) is 34.3 Å². The second kappa shape index (κ2) is 6.10. The van der Waals surface area contributed by atoms with E-state index in [1.165, 1.54) is 11.1 Å². The van der Waals surface area contributed by atoms with Gasteiger partial charge in [0, 0.05) is 23.5 Å². The Labute approximate surface area is 131 Å². The van der Waals surface area contributed by atoms with E-state index in [2.05, 4.69) is 32.8 Å². The fraction of sp³-hybridized carbons (Fsp3) is 0.312. The molecule has 20 heavy (non-hydrogen) atoms. The normalized spacial score (nSPS) is 14.2. The molecular formula is C16H16BrNOS. The molecule has 1 aliphatic carbocycles. The molecule has 0 N–H and O–H groups in total.